The highest BCUT2D eigenvalue weighted by atomic mass is 32.2. The van der Waals surface area contributed by atoms with Gasteiger partial charge in [0.05, 0.1) is 16.9 Å². The summed E-state index contributed by atoms with van der Waals surface area (Å²) in [6.07, 6.45) is 2.79. The molecule has 0 saturated heterocycles. The first kappa shape index (κ1) is 23.8. The molecule has 170 valence electrons. The molecule has 0 unspecified atom stereocenters. The van der Waals surface area contributed by atoms with E-state index in [1.165, 1.54) is 35.1 Å². The summed E-state index contributed by atoms with van der Waals surface area (Å²) >= 11 is 1.31. The van der Waals surface area contributed by atoms with Crippen LogP contribution < -0.4 is 10.3 Å². The van der Waals surface area contributed by atoms with Crippen molar-refractivity contribution in [1.82, 2.24) is 5.43 Å². The number of nitro benzene ring substituents is 1. The van der Waals surface area contributed by atoms with Crippen LogP contribution >= 0.6 is 11.8 Å². The number of anilines is 1. The lowest BCUT2D eigenvalue weighted by Crippen LogP contribution is -2.48. The molecule has 1 aliphatic rings. The van der Waals surface area contributed by atoms with Crippen LogP contribution in [0.4, 0.5) is 11.4 Å². The average Bonchev–Trinajstić information content (AvgIpc) is 2.73. The number of hydrazone groups is 1. The van der Waals surface area contributed by atoms with Crippen LogP contribution in [0.3, 0.4) is 0 Å². The fourth-order valence-corrected chi connectivity index (χ4v) is 5.10. The molecule has 0 radical (unpaired) electrons. The lowest BCUT2D eigenvalue weighted by Gasteiger charge is -2.47. The maximum atomic E-state index is 12.1. The minimum atomic E-state index is -0.444. The first-order valence-corrected chi connectivity index (χ1v) is 11.7. The summed E-state index contributed by atoms with van der Waals surface area (Å²) in [6, 6.07) is 10.5. The van der Waals surface area contributed by atoms with Gasteiger partial charge in [-0.15, -0.1) is 11.8 Å². The zero-order valence-electron chi connectivity index (χ0n) is 19.2. The number of nitro groups is 1. The van der Waals surface area contributed by atoms with Gasteiger partial charge in [-0.2, -0.15) is 5.10 Å². The highest BCUT2D eigenvalue weighted by Crippen LogP contribution is 2.44. The van der Waals surface area contributed by atoms with Crippen LogP contribution in [0, 0.1) is 17.0 Å². The average molecular weight is 455 g/mol. The van der Waals surface area contributed by atoms with Crippen LogP contribution in [-0.4, -0.2) is 34.9 Å². The molecule has 3 rings (SSSR count). The second-order valence-corrected chi connectivity index (χ2v) is 9.81. The second kappa shape index (κ2) is 9.73. The molecule has 32 heavy (non-hydrogen) atoms. The van der Waals surface area contributed by atoms with Gasteiger partial charge in [-0.1, -0.05) is 6.92 Å². The van der Waals surface area contributed by atoms with E-state index in [1.807, 2.05) is 0 Å². The molecule has 0 aromatic heterocycles. The third-order valence-corrected chi connectivity index (χ3v) is 6.91. The van der Waals surface area contributed by atoms with Crippen molar-refractivity contribution >= 4 is 35.3 Å². The third-order valence-electron chi connectivity index (χ3n) is 5.90. The molecule has 2 aromatic carbocycles. The van der Waals surface area contributed by atoms with Crippen molar-refractivity contribution in [2.24, 2.45) is 5.10 Å². The lowest BCUT2D eigenvalue weighted by atomic mass is 9.79. The van der Waals surface area contributed by atoms with Crippen LogP contribution in [0.5, 0.6) is 0 Å². The Morgan fingerprint density at radius 2 is 2.03 bits per heavy atom. The van der Waals surface area contributed by atoms with E-state index in [2.05, 4.69) is 62.2 Å². The number of aryl methyl sites for hydroxylation is 1. The van der Waals surface area contributed by atoms with E-state index >= 15 is 0 Å². The number of rotatable bonds is 7. The number of hydrogen-bond acceptors (Lipinski definition) is 6. The first-order chi connectivity index (χ1) is 15.1. The molecular formula is C24H30N4O3S. The van der Waals surface area contributed by atoms with Crippen molar-refractivity contribution in [3.05, 3.63) is 63.2 Å². The van der Waals surface area contributed by atoms with Crippen LogP contribution in [0.15, 0.2) is 46.4 Å². The number of fused-ring (bicyclic) bond motifs is 1. The minimum Gasteiger partial charge on any atom is -0.366 e. The predicted octanol–water partition coefficient (Wildman–Crippen LogP) is 5.26. The van der Waals surface area contributed by atoms with Gasteiger partial charge in [0.25, 0.3) is 5.69 Å². The molecule has 1 amide bonds. The Labute approximate surface area is 193 Å². The Balaban J connectivity index is 1.63. The van der Waals surface area contributed by atoms with Gasteiger partial charge >= 0.3 is 0 Å². The second-order valence-electron chi connectivity index (χ2n) is 8.76. The number of nitrogens with zero attached hydrogens (tertiary/aromatic N) is 3. The van der Waals surface area contributed by atoms with Crippen molar-refractivity contribution in [3.8, 4) is 0 Å². The lowest BCUT2D eigenvalue weighted by molar-refractivity contribution is -0.384. The van der Waals surface area contributed by atoms with E-state index in [0.717, 1.165) is 29.0 Å². The zero-order chi connectivity index (χ0) is 23.5. The molecule has 1 atom stereocenters. The monoisotopic (exact) mass is 454 g/mol. The van der Waals surface area contributed by atoms with Crippen molar-refractivity contribution in [3.63, 3.8) is 0 Å². The molecule has 0 spiro atoms. The molecule has 1 aliphatic heterocycles. The van der Waals surface area contributed by atoms with Gasteiger partial charge in [-0.25, -0.2) is 5.43 Å². The number of non-ortho nitro benzene ring substituents is 1. The molecule has 0 fully saturated rings. The maximum Gasteiger partial charge on any atom is 0.269 e. The van der Waals surface area contributed by atoms with E-state index in [-0.39, 0.29) is 22.9 Å². The summed E-state index contributed by atoms with van der Waals surface area (Å²) in [5.41, 5.74) is 7.44. The maximum absolute atomic E-state index is 12.1. The summed E-state index contributed by atoms with van der Waals surface area (Å²) in [6.45, 7) is 12.1. The van der Waals surface area contributed by atoms with E-state index in [4.69, 9.17) is 0 Å². The molecule has 1 heterocycles. The fourth-order valence-electron chi connectivity index (χ4n) is 4.41. The molecule has 2 aromatic rings. The first-order valence-electron chi connectivity index (χ1n) is 10.7. The predicted molar refractivity (Wildman–Crippen MR) is 131 cm³/mol. The van der Waals surface area contributed by atoms with Gasteiger partial charge in [0.2, 0.25) is 5.91 Å². The highest BCUT2D eigenvalue weighted by Gasteiger charge is 2.35. The number of thioether (sulfide) groups is 1. The van der Waals surface area contributed by atoms with Gasteiger partial charge < -0.3 is 4.90 Å². The van der Waals surface area contributed by atoms with E-state index in [0.29, 0.717) is 5.92 Å². The smallest absolute Gasteiger partial charge is 0.269 e. The van der Waals surface area contributed by atoms with Gasteiger partial charge in [-0.05, 0) is 81.0 Å². The Bertz CT molecular complexity index is 1030. The highest BCUT2D eigenvalue weighted by molar-refractivity contribution is 8.00. The Morgan fingerprint density at radius 3 is 2.66 bits per heavy atom. The summed E-state index contributed by atoms with van der Waals surface area (Å²) in [5.74, 6) is 0.395. The quantitative estimate of drug-likeness (QED) is 0.267. The van der Waals surface area contributed by atoms with Crippen LogP contribution in [-0.2, 0) is 4.79 Å². The zero-order valence-corrected chi connectivity index (χ0v) is 20.0. The van der Waals surface area contributed by atoms with Crippen LogP contribution in [0.1, 0.15) is 56.7 Å². The molecule has 7 nitrogen and oxygen atoms in total. The summed E-state index contributed by atoms with van der Waals surface area (Å²) < 4.78 is 0. The number of nitrogens with one attached hydrogen (secondary N) is 1. The minimum absolute atomic E-state index is 0.0313. The number of carbonyl (C=O) groups excluding carboxylic acids is 1. The Hall–Kier alpha value is -2.87. The standard InChI is InChI=1S/C24H30N4O3S/c1-6-27-22-11-16(2)18(12-21(22)17(3)13-24(27,4)5)14-25-26-23(29)15-32-20-9-7-19(8-10-20)28(30)31/h7-12,14,17H,6,13,15H2,1-5H3,(H,26,29)/b25-14-/t17-/m0/s1. The number of hydrogen-bond donors (Lipinski definition) is 1. The van der Waals surface area contributed by atoms with Crippen LogP contribution in [0.2, 0.25) is 0 Å². The van der Waals surface area contributed by atoms with Crippen molar-refractivity contribution in [2.45, 2.75) is 57.4 Å². The van der Waals surface area contributed by atoms with E-state index in [9.17, 15) is 14.9 Å². The molecular weight excluding hydrogens is 424 g/mol. The molecule has 1 N–H and O–H groups in total. The molecule has 8 heteroatoms. The number of amides is 1. The SMILES string of the molecule is CCN1c2cc(C)c(/C=N\NC(=O)CSc3ccc([N+](=O)[O-])cc3)cc2[C@@H](C)CC1(C)C. The van der Waals surface area contributed by atoms with Crippen molar-refractivity contribution in [2.75, 3.05) is 17.2 Å². The third kappa shape index (κ3) is 5.30. The fraction of sp³-hybridized carbons (Fsp3) is 0.417. The van der Waals surface area contributed by atoms with Gasteiger partial charge in [0, 0.05) is 34.8 Å². The van der Waals surface area contributed by atoms with Crippen molar-refractivity contribution < 1.29 is 9.72 Å². The summed E-state index contributed by atoms with van der Waals surface area (Å²) in [7, 11) is 0. The molecule has 0 saturated carbocycles. The molecule has 0 bridgehead atoms. The van der Waals surface area contributed by atoms with Gasteiger partial charge in [-0.3, -0.25) is 14.9 Å². The summed E-state index contributed by atoms with van der Waals surface area (Å²) in [4.78, 5) is 25.7. The van der Waals surface area contributed by atoms with Gasteiger partial charge in [0.15, 0.2) is 0 Å². The number of carbonyl (C=O) groups is 1. The topological polar surface area (TPSA) is 87.8 Å². The Morgan fingerprint density at radius 1 is 1.34 bits per heavy atom. The van der Waals surface area contributed by atoms with Gasteiger partial charge in [0.1, 0.15) is 0 Å². The normalized spacial score (nSPS) is 17.3. The largest absolute Gasteiger partial charge is 0.366 e. The van der Waals surface area contributed by atoms with Crippen LogP contribution in [0.25, 0.3) is 0 Å². The number of benzene rings is 2. The summed E-state index contributed by atoms with van der Waals surface area (Å²) in [5, 5.41) is 14.9. The van der Waals surface area contributed by atoms with E-state index in [1.54, 1.807) is 18.3 Å². The van der Waals surface area contributed by atoms with Crippen molar-refractivity contribution in [1.29, 1.82) is 0 Å². The Kier molecular flexibility index (Phi) is 7.23. The van der Waals surface area contributed by atoms with E-state index < -0.39 is 4.92 Å². The molecule has 0 aliphatic carbocycles.